The highest BCUT2D eigenvalue weighted by molar-refractivity contribution is 6.99. The number of nitrogens with zero attached hydrogens (tertiary/aromatic N) is 3. The van der Waals surface area contributed by atoms with Gasteiger partial charge in [-0.05, 0) is 16.2 Å². The highest BCUT2D eigenvalue weighted by Gasteiger charge is 2.06. The van der Waals surface area contributed by atoms with Gasteiger partial charge in [0, 0.05) is 23.1 Å². The van der Waals surface area contributed by atoms with Gasteiger partial charge in [0.05, 0.1) is 5.38 Å². The van der Waals surface area contributed by atoms with Crippen LogP contribution < -0.4 is 4.07 Å². The normalized spacial score (nSPS) is 10.1. The Balaban J connectivity index is 2.45. The van der Waals surface area contributed by atoms with E-state index in [-0.39, 0.29) is 0 Å². The lowest BCUT2D eigenvalue weighted by atomic mass is 10.2. The van der Waals surface area contributed by atoms with Gasteiger partial charge in [0.2, 0.25) is 0 Å². The molecule has 0 aliphatic carbocycles. The van der Waals surface area contributed by atoms with Gasteiger partial charge >= 0.3 is 0 Å². The van der Waals surface area contributed by atoms with Crippen LogP contribution in [0.1, 0.15) is 0 Å². The molecule has 4 heteroatoms. The van der Waals surface area contributed by atoms with Gasteiger partial charge in [-0.1, -0.05) is 0 Å². The van der Waals surface area contributed by atoms with Crippen molar-refractivity contribution in [2.24, 2.45) is 7.05 Å². The molecule has 0 fully saturated rings. The van der Waals surface area contributed by atoms with Crippen LogP contribution in [0.15, 0.2) is 29.9 Å². The molecule has 2 aromatic heterocycles. The Kier molecular flexibility index (Phi) is 1.83. The molecule has 0 N–H and O–H groups in total. The Bertz CT molecular complexity index is 369. The Morgan fingerprint density at radius 2 is 2.42 bits per heavy atom. The van der Waals surface area contributed by atoms with Crippen molar-refractivity contribution in [2.45, 2.75) is 0 Å². The summed E-state index contributed by atoms with van der Waals surface area (Å²) in [6, 6.07) is 3.91. The maximum atomic E-state index is 4.28. The van der Waals surface area contributed by atoms with E-state index >= 15 is 0 Å². The van der Waals surface area contributed by atoms with Gasteiger partial charge in [0.15, 0.2) is 24.3 Å². The van der Waals surface area contributed by atoms with Crippen molar-refractivity contribution in [1.29, 1.82) is 0 Å². The molecular weight excluding hydrogens is 170 g/mol. The van der Waals surface area contributed by atoms with Crippen molar-refractivity contribution in [2.75, 3.05) is 0 Å². The molecule has 0 saturated heterocycles. The largest absolute Gasteiger partial charge is 0.264 e. The van der Waals surface area contributed by atoms with Crippen LogP contribution in [0.25, 0.3) is 11.3 Å². The molecule has 3 nitrogen and oxygen atoms in total. The molecule has 0 spiro atoms. The van der Waals surface area contributed by atoms with E-state index in [9.17, 15) is 0 Å². The minimum Gasteiger partial charge on any atom is -0.264 e. The predicted molar refractivity (Wildman–Crippen MR) is 46.5 cm³/mol. The van der Waals surface area contributed by atoms with E-state index in [2.05, 4.69) is 10.1 Å². The summed E-state index contributed by atoms with van der Waals surface area (Å²) in [4.78, 5) is 4.03. The standard InChI is InChI=1S/C8H8N3S/c1-11-10-8(6-12-11)7-3-2-4-9-5-7/h2-6H,1H3/q+1. The van der Waals surface area contributed by atoms with Gasteiger partial charge in [0.1, 0.15) is 0 Å². The number of aromatic nitrogens is 3. The number of pyridine rings is 1. The van der Waals surface area contributed by atoms with Gasteiger partial charge in [-0.25, -0.2) is 0 Å². The van der Waals surface area contributed by atoms with Crippen LogP contribution in [0.2, 0.25) is 0 Å². The van der Waals surface area contributed by atoms with Crippen molar-refractivity contribution in [3.63, 3.8) is 0 Å². The maximum Gasteiger partial charge on any atom is 0.180 e. The molecule has 2 rings (SSSR count). The molecule has 0 radical (unpaired) electrons. The Hall–Kier alpha value is -1.29. The van der Waals surface area contributed by atoms with E-state index in [0.717, 1.165) is 11.3 Å². The van der Waals surface area contributed by atoms with Gasteiger partial charge in [-0.3, -0.25) is 4.98 Å². The van der Waals surface area contributed by atoms with Crippen molar-refractivity contribution in [1.82, 2.24) is 10.1 Å². The summed E-state index contributed by atoms with van der Waals surface area (Å²) < 4.78 is 1.82. The third kappa shape index (κ3) is 1.33. The second-order valence-electron chi connectivity index (χ2n) is 2.41. The first-order valence-electron chi connectivity index (χ1n) is 3.59. The number of rotatable bonds is 1. The van der Waals surface area contributed by atoms with Crippen LogP contribution in [0, 0.1) is 0 Å². The first kappa shape index (κ1) is 7.36. The van der Waals surface area contributed by atoms with Crippen LogP contribution in [0.5, 0.6) is 0 Å². The van der Waals surface area contributed by atoms with E-state index in [4.69, 9.17) is 0 Å². The highest BCUT2D eigenvalue weighted by Crippen LogP contribution is 2.13. The third-order valence-corrected chi connectivity index (χ3v) is 2.24. The molecule has 0 saturated carbocycles. The van der Waals surface area contributed by atoms with Gasteiger partial charge in [-0.2, -0.15) is 0 Å². The summed E-state index contributed by atoms with van der Waals surface area (Å²) >= 11 is 1.58. The molecule has 60 valence electrons. The monoisotopic (exact) mass is 178 g/mol. The van der Waals surface area contributed by atoms with E-state index < -0.39 is 0 Å². The number of hydrogen-bond donors (Lipinski definition) is 0. The van der Waals surface area contributed by atoms with Crippen molar-refractivity contribution in [3.8, 4) is 11.3 Å². The van der Waals surface area contributed by atoms with E-state index in [1.807, 2.05) is 34.8 Å². The van der Waals surface area contributed by atoms with Crippen molar-refractivity contribution >= 4 is 11.5 Å². The van der Waals surface area contributed by atoms with Crippen LogP contribution in [-0.4, -0.2) is 10.1 Å². The molecule has 2 heterocycles. The maximum absolute atomic E-state index is 4.28. The molecule has 0 aliphatic heterocycles. The van der Waals surface area contributed by atoms with Crippen LogP contribution in [0.4, 0.5) is 0 Å². The molecular formula is C8H8N3S+. The second-order valence-corrected chi connectivity index (χ2v) is 3.39. The Morgan fingerprint density at radius 3 is 3.00 bits per heavy atom. The summed E-state index contributed by atoms with van der Waals surface area (Å²) in [7, 11) is 1.92. The van der Waals surface area contributed by atoms with Crippen molar-refractivity contribution < 1.29 is 4.07 Å². The van der Waals surface area contributed by atoms with E-state index in [1.165, 1.54) is 0 Å². The number of hydrogen-bond acceptors (Lipinski definition) is 3. The van der Waals surface area contributed by atoms with Gasteiger partial charge < -0.3 is 0 Å². The third-order valence-electron chi connectivity index (χ3n) is 1.52. The van der Waals surface area contributed by atoms with Crippen LogP contribution in [-0.2, 0) is 7.05 Å². The minimum atomic E-state index is 0.982. The summed E-state index contributed by atoms with van der Waals surface area (Å²) in [6.45, 7) is 0. The fraction of sp³-hybridized carbons (Fsp3) is 0.125. The molecule has 12 heavy (non-hydrogen) atoms. The fourth-order valence-electron chi connectivity index (χ4n) is 0.965. The molecule has 0 atom stereocenters. The Labute approximate surface area is 74.5 Å². The average molecular weight is 178 g/mol. The lowest BCUT2D eigenvalue weighted by Crippen LogP contribution is -2.25. The average Bonchev–Trinajstić information content (AvgIpc) is 2.54. The fourth-order valence-corrected chi connectivity index (χ4v) is 1.54. The summed E-state index contributed by atoms with van der Waals surface area (Å²) in [5.74, 6) is 0. The van der Waals surface area contributed by atoms with Gasteiger partial charge in [-0.15, -0.1) is 0 Å². The van der Waals surface area contributed by atoms with Crippen molar-refractivity contribution in [3.05, 3.63) is 29.9 Å². The molecule has 0 aromatic carbocycles. The summed E-state index contributed by atoms with van der Waals surface area (Å²) in [5.41, 5.74) is 2.05. The van der Waals surface area contributed by atoms with Crippen LogP contribution in [0.3, 0.4) is 0 Å². The SMILES string of the molecule is C[n+]1nc(-c2cccnc2)cs1. The van der Waals surface area contributed by atoms with Crippen LogP contribution >= 0.6 is 11.5 Å². The Morgan fingerprint density at radius 1 is 1.50 bits per heavy atom. The predicted octanol–water partition coefficient (Wildman–Crippen LogP) is 1.03. The van der Waals surface area contributed by atoms with Gasteiger partial charge in [0.25, 0.3) is 0 Å². The van der Waals surface area contributed by atoms with E-state index in [1.54, 1.807) is 17.7 Å². The zero-order valence-electron chi connectivity index (χ0n) is 6.64. The first-order chi connectivity index (χ1) is 5.86. The topological polar surface area (TPSA) is 29.7 Å². The molecule has 0 amide bonds. The summed E-state index contributed by atoms with van der Waals surface area (Å²) in [6.07, 6.45) is 3.57. The lowest BCUT2D eigenvalue weighted by molar-refractivity contribution is -0.662. The molecule has 0 bridgehead atoms. The quantitative estimate of drug-likeness (QED) is 0.610. The minimum absolute atomic E-state index is 0.982. The molecule has 0 unspecified atom stereocenters. The second kappa shape index (κ2) is 2.98. The first-order valence-corrected chi connectivity index (χ1v) is 4.42. The smallest absolute Gasteiger partial charge is 0.180 e. The zero-order chi connectivity index (χ0) is 8.39. The summed E-state index contributed by atoms with van der Waals surface area (Å²) in [5, 5.41) is 6.29. The highest BCUT2D eigenvalue weighted by atomic mass is 32.1. The lowest BCUT2D eigenvalue weighted by Gasteiger charge is -1.88. The molecule has 2 aromatic rings. The van der Waals surface area contributed by atoms with E-state index in [0.29, 0.717) is 0 Å². The zero-order valence-corrected chi connectivity index (χ0v) is 7.45. The number of aryl methyl sites for hydroxylation is 1. The molecule has 0 aliphatic rings.